The number of nitrogens with zero attached hydrogens (tertiary/aromatic N) is 2. The summed E-state index contributed by atoms with van der Waals surface area (Å²) in [5.74, 6) is 0.716. The number of nitrogens with one attached hydrogen (secondary N) is 1. The van der Waals surface area contributed by atoms with E-state index in [-0.39, 0.29) is 16.9 Å². The smallest absolute Gasteiger partial charge is 0.230 e. The van der Waals surface area contributed by atoms with Gasteiger partial charge in [0.1, 0.15) is 10.6 Å². The SMILES string of the molecule is Nc1nc(SCC(=O)NCCc2ccccc2)nc2sc3c(c12)C[C@@H](c1ccccc1)S[C@@H]3c1ccccc1. The zero-order valence-electron chi connectivity index (χ0n) is 21.2. The number of amides is 1. The molecule has 5 aromatic rings. The highest BCUT2D eigenvalue weighted by Crippen LogP contribution is 2.55. The highest BCUT2D eigenvalue weighted by Gasteiger charge is 2.34. The highest BCUT2D eigenvalue weighted by atomic mass is 32.2. The van der Waals surface area contributed by atoms with Gasteiger partial charge in [0, 0.05) is 16.7 Å². The lowest BCUT2D eigenvalue weighted by atomic mass is 9.98. The molecule has 196 valence electrons. The molecule has 0 radical (unpaired) electrons. The molecule has 0 saturated carbocycles. The summed E-state index contributed by atoms with van der Waals surface area (Å²) in [6.07, 6.45) is 1.69. The third-order valence-electron chi connectivity index (χ3n) is 6.80. The van der Waals surface area contributed by atoms with Gasteiger partial charge in [0.15, 0.2) is 5.16 Å². The molecule has 3 N–H and O–H groups in total. The van der Waals surface area contributed by atoms with Crippen LogP contribution in [-0.2, 0) is 17.6 Å². The van der Waals surface area contributed by atoms with E-state index in [1.807, 2.05) is 30.0 Å². The number of thioether (sulfide) groups is 2. The summed E-state index contributed by atoms with van der Waals surface area (Å²) in [6.45, 7) is 0.601. The normalized spacial score (nSPS) is 16.6. The number of anilines is 1. The minimum atomic E-state index is -0.0325. The maximum Gasteiger partial charge on any atom is 0.230 e. The van der Waals surface area contributed by atoms with E-state index in [2.05, 4.69) is 83.1 Å². The third-order valence-corrected chi connectivity index (χ3v) is 10.5. The van der Waals surface area contributed by atoms with Crippen molar-refractivity contribution < 1.29 is 4.79 Å². The first-order valence-corrected chi connectivity index (χ1v) is 15.7. The molecule has 0 aliphatic carbocycles. The Bertz CT molecular complexity index is 1580. The summed E-state index contributed by atoms with van der Waals surface area (Å²) in [4.78, 5) is 24.2. The van der Waals surface area contributed by atoms with Gasteiger partial charge in [0.25, 0.3) is 0 Å². The van der Waals surface area contributed by atoms with Crippen molar-refractivity contribution in [3.05, 3.63) is 118 Å². The number of hydrogen-bond donors (Lipinski definition) is 2. The van der Waals surface area contributed by atoms with Crippen LogP contribution in [0.4, 0.5) is 5.82 Å². The van der Waals surface area contributed by atoms with E-state index in [1.165, 1.54) is 38.9 Å². The largest absolute Gasteiger partial charge is 0.383 e. The van der Waals surface area contributed by atoms with Gasteiger partial charge in [-0.25, -0.2) is 9.97 Å². The number of nitrogens with two attached hydrogens (primary N) is 1. The van der Waals surface area contributed by atoms with Gasteiger partial charge in [-0.2, -0.15) is 0 Å². The lowest BCUT2D eigenvalue weighted by Gasteiger charge is -2.30. The van der Waals surface area contributed by atoms with Crippen LogP contribution < -0.4 is 11.1 Å². The Kier molecular flexibility index (Phi) is 7.85. The van der Waals surface area contributed by atoms with Crippen LogP contribution >= 0.6 is 34.9 Å². The molecule has 8 heteroatoms. The summed E-state index contributed by atoms with van der Waals surface area (Å²) in [5.41, 5.74) is 11.6. The highest BCUT2D eigenvalue weighted by molar-refractivity contribution is 8.00. The summed E-state index contributed by atoms with van der Waals surface area (Å²) < 4.78 is 0. The van der Waals surface area contributed by atoms with Gasteiger partial charge >= 0.3 is 0 Å². The van der Waals surface area contributed by atoms with E-state index in [4.69, 9.17) is 10.7 Å². The molecule has 1 aliphatic rings. The maximum absolute atomic E-state index is 12.5. The van der Waals surface area contributed by atoms with E-state index in [0.717, 1.165) is 23.1 Å². The molecule has 1 amide bonds. The Labute approximate surface area is 240 Å². The molecular formula is C31H28N4OS3. The van der Waals surface area contributed by atoms with Crippen LogP contribution in [0.5, 0.6) is 0 Å². The summed E-state index contributed by atoms with van der Waals surface area (Å²) in [5, 5.41) is 5.01. The van der Waals surface area contributed by atoms with Gasteiger partial charge in [-0.15, -0.1) is 23.1 Å². The van der Waals surface area contributed by atoms with Crippen molar-refractivity contribution in [1.82, 2.24) is 15.3 Å². The minimum absolute atomic E-state index is 0.0325. The topological polar surface area (TPSA) is 80.9 Å². The molecule has 2 aromatic heterocycles. The number of benzene rings is 3. The maximum atomic E-state index is 12.5. The average Bonchev–Trinajstić information content (AvgIpc) is 3.36. The monoisotopic (exact) mass is 568 g/mol. The van der Waals surface area contributed by atoms with Crippen LogP contribution in [0.3, 0.4) is 0 Å². The van der Waals surface area contributed by atoms with E-state index >= 15 is 0 Å². The lowest BCUT2D eigenvalue weighted by molar-refractivity contribution is -0.118. The van der Waals surface area contributed by atoms with Crippen LogP contribution in [0.1, 0.15) is 37.6 Å². The number of nitrogen functional groups attached to an aromatic ring is 1. The van der Waals surface area contributed by atoms with E-state index < -0.39 is 0 Å². The number of rotatable bonds is 8. The quantitative estimate of drug-likeness (QED) is 0.158. The van der Waals surface area contributed by atoms with E-state index in [1.54, 1.807) is 11.3 Å². The summed E-state index contributed by atoms with van der Waals surface area (Å²) >= 11 is 5.03. The Morgan fingerprint density at radius 1 is 0.923 bits per heavy atom. The molecule has 1 aliphatic heterocycles. The molecule has 6 rings (SSSR count). The second kappa shape index (κ2) is 11.8. The Morgan fingerprint density at radius 3 is 2.31 bits per heavy atom. The Morgan fingerprint density at radius 2 is 1.59 bits per heavy atom. The van der Waals surface area contributed by atoms with Gasteiger partial charge in [-0.05, 0) is 35.1 Å². The first-order chi connectivity index (χ1) is 19.2. The zero-order valence-corrected chi connectivity index (χ0v) is 23.7. The minimum Gasteiger partial charge on any atom is -0.383 e. The molecule has 5 nitrogen and oxygen atoms in total. The van der Waals surface area contributed by atoms with Gasteiger partial charge in [-0.3, -0.25) is 4.79 Å². The van der Waals surface area contributed by atoms with Crippen molar-refractivity contribution in [2.75, 3.05) is 18.0 Å². The fourth-order valence-corrected chi connectivity index (χ4v) is 8.67. The first-order valence-electron chi connectivity index (χ1n) is 12.9. The van der Waals surface area contributed by atoms with Crippen LogP contribution in [0.25, 0.3) is 10.2 Å². The number of fused-ring (bicyclic) bond motifs is 3. The van der Waals surface area contributed by atoms with Crippen molar-refractivity contribution in [2.45, 2.75) is 28.5 Å². The second-order valence-electron chi connectivity index (χ2n) is 9.42. The van der Waals surface area contributed by atoms with Crippen molar-refractivity contribution >= 4 is 56.8 Å². The fraction of sp³-hybridized carbons (Fsp3) is 0.194. The Hall–Kier alpha value is -3.33. The average molecular weight is 569 g/mol. The van der Waals surface area contributed by atoms with Gasteiger partial charge in [0.2, 0.25) is 5.91 Å². The van der Waals surface area contributed by atoms with Gasteiger partial charge in [0.05, 0.1) is 16.4 Å². The van der Waals surface area contributed by atoms with Crippen LogP contribution in [0, 0.1) is 0 Å². The molecule has 2 atom stereocenters. The molecule has 0 fully saturated rings. The van der Waals surface area contributed by atoms with Crippen LogP contribution in [0.2, 0.25) is 0 Å². The summed E-state index contributed by atoms with van der Waals surface area (Å²) in [6, 6.07) is 31.5. The van der Waals surface area contributed by atoms with Crippen LogP contribution in [-0.4, -0.2) is 28.2 Å². The Balaban J connectivity index is 1.23. The molecule has 0 spiro atoms. The van der Waals surface area contributed by atoms with Crippen molar-refractivity contribution in [2.24, 2.45) is 0 Å². The zero-order chi connectivity index (χ0) is 26.6. The van der Waals surface area contributed by atoms with Crippen molar-refractivity contribution in [3.63, 3.8) is 0 Å². The van der Waals surface area contributed by atoms with Crippen molar-refractivity contribution in [1.29, 1.82) is 0 Å². The molecule has 3 heterocycles. The predicted octanol–water partition coefficient (Wildman–Crippen LogP) is 6.84. The second-order valence-corrected chi connectivity index (χ2v) is 12.7. The number of aromatic nitrogens is 2. The lowest BCUT2D eigenvalue weighted by Crippen LogP contribution is -2.27. The van der Waals surface area contributed by atoms with E-state index in [9.17, 15) is 4.79 Å². The third kappa shape index (κ3) is 5.83. The number of carbonyl (C=O) groups is 1. The number of carbonyl (C=O) groups excluding carboxylic acids is 1. The fourth-order valence-electron chi connectivity index (χ4n) is 4.92. The molecule has 3 aromatic carbocycles. The predicted molar refractivity (Wildman–Crippen MR) is 164 cm³/mol. The molecule has 0 unspecified atom stereocenters. The van der Waals surface area contributed by atoms with Gasteiger partial charge in [-0.1, -0.05) is 103 Å². The van der Waals surface area contributed by atoms with Gasteiger partial charge < -0.3 is 11.1 Å². The van der Waals surface area contributed by atoms with E-state index in [0.29, 0.717) is 22.8 Å². The molecule has 39 heavy (non-hydrogen) atoms. The van der Waals surface area contributed by atoms with Crippen molar-refractivity contribution in [3.8, 4) is 0 Å². The molecule has 0 bridgehead atoms. The standard InChI is InChI=1S/C31H28N4OS3/c32-29-26-23-18-24(21-12-6-2-7-13-21)38-27(22-14-8-3-9-15-22)28(23)39-30(26)35-31(34-29)37-19-25(36)33-17-16-20-10-4-1-5-11-20/h1-15,24,27H,16-19H2,(H,33,36)(H2,32,34,35)/t24-,27+/m0/s1. The summed E-state index contributed by atoms with van der Waals surface area (Å²) in [7, 11) is 0. The first kappa shape index (κ1) is 25.9. The van der Waals surface area contributed by atoms with Crippen LogP contribution in [0.15, 0.2) is 96.2 Å². The number of hydrogen-bond acceptors (Lipinski definition) is 7. The molecule has 0 saturated heterocycles. The molecular weight excluding hydrogens is 541 g/mol. The number of thiophene rings is 1.